The third-order valence-electron chi connectivity index (χ3n) is 5.23. The number of carbonyl (C=O) groups excluding carboxylic acids is 1. The molecule has 2 aromatic rings. The quantitative estimate of drug-likeness (QED) is 0.817. The van der Waals surface area contributed by atoms with E-state index in [1.807, 2.05) is 11.0 Å². The van der Waals surface area contributed by atoms with Crippen LogP contribution in [0.2, 0.25) is 5.02 Å². The molecule has 0 atom stereocenters. The van der Waals surface area contributed by atoms with Crippen molar-refractivity contribution >= 4 is 38.9 Å². The molecule has 0 aliphatic carbocycles. The molecule has 3 heterocycles. The first-order valence-electron chi connectivity index (χ1n) is 8.97. The summed E-state index contributed by atoms with van der Waals surface area (Å²) < 4.78 is 6.59. The number of ether oxygens (including phenoxy) is 1. The molecule has 0 unspecified atom stereocenters. The number of piperidine rings is 1. The SMILES string of the molecule is O=C(C1CCN(Cc2sc3ccccc3c2Cl)CC1)N1CCOCC1. The van der Waals surface area contributed by atoms with Gasteiger partial charge in [0.1, 0.15) is 0 Å². The molecule has 6 heteroatoms. The molecular formula is C19H23ClN2O2S. The van der Waals surface area contributed by atoms with Gasteiger partial charge in [-0.3, -0.25) is 9.69 Å². The lowest BCUT2D eigenvalue weighted by molar-refractivity contribution is -0.141. The summed E-state index contributed by atoms with van der Waals surface area (Å²) in [4.78, 5) is 18.3. The van der Waals surface area contributed by atoms with Crippen LogP contribution in [0.25, 0.3) is 10.1 Å². The van der Waals surface area contributed by atoms with E-state index in [-0.39, 0.29) is 5.92 Å². The molecule has 0 spiro atoms. The first-order valence-corrected chi connectivity index (χ1v) is 10.2. The van der Waals surface area contributed by atoms with Crippen LogP contribution in [0.1, 0.15) is 17.7 Å². The van der Waals surface area contributed by atoms with Crippen LogP contribution in [0.5, 0.6) is 0 Å². The Balaban J connectivity index is 1.35. The minimum Gasteiger partial charge on any atom is -0.378 e. The number of hydrogen-bond acceptors (Lipinski definition) is 4. The Morgan fingerprint density at radius 3 is 2.60 bits per heavy atom. The summed E-state index contributed by atoms with van der Waals surface area (Å²) in [5, 5.41) is 2.05. The van der Waals surface area contributed by atoms with Crippen LogP contribution in [0.3, 0.4) is 0 Å². The average molecular weight is 379 g/mol. The Morgan fingerprint density at radius 2 is 1.88 bits per heavy atom. The molecule has 0 radical (unpaired) electrons. The van der Waals surface area contributed by atoms with Crippen molar-refractivity contribution in [2.45, 2.75) is 19.4 Å². The number of thiophene rings is 1. The van der Waals surface area contributed by atoms with Crippen LogP contribution in [-0.2, 0) is 16.1 Å². The first kappa shape index (κ1) is 17.3. The van der Waals surface area contributed by atoms with Gasteiger partial charge < -0.3 is 9.64 Å². The number of carbonyl (C=O) groups is 1. The van der Waals surface area contributed by atoms with Crippen molar-refractivity contribution in [1.29, 1.82) is 0 Å². The van der Waals surface area contributed by atoms with E-state index < -0.39 is 0 Å². The van der Waals surface area contributed by atoms with Crippen molar-refractivity contribution < 1.29 is 9.53 Å². The van der Waals surface area contributed by atoms with Crippen molar-refractivity contribution in [1.82, 2.24) is 9.80 Å². The standard InChI is InChI=1S/C19H23ClN2O2S/c20-18-15-3-1-2-4-16(15)25-17(18)13-21-7-5-14(6-8-21)19(23)22-9-11-24-12-10-22/h1-4,14H,5-13H2. The average Bonchev–Trinajstić information content (AvgIpc) is 2.98. The highest BCUT2D eigenvalue weighted by atomic mass is 35.5. The smallest absolute Gasteiger partial charge is 0.225 e. The lowest BCUT2D eigenvalue weighted by Crippen LogP contribution is -2.46. The van der Waals surface area contributed by atoms with Crippen molar-refractivity contribution in [2.24, 2.45) is 5.92 Å². The summed E-state index contributed by atoms with van der Waals surface area (Å²) in [6.07, 6.45) is 1.89. The fourth-order valence-electron chi connectivity index (χ4n) is 3.75. The molecule has 2 fully saturated rings. The van der Waals surface area contributed by atoms with Crippen LogP contribution >= 0.6 is 22.9 Å². The molecule has 0 bridgehead atoms. The van der Waals surface area contributed by atoms with E-state index in [0.29, 0.717) is 19.1 Å². The number of halogens is 1. The normalized spacial score (nSPS) is 20.3. The molecule has 1 amide bonds. The van der Waals surface area contributed by atoms with Crippen molar-refractivity contribution in [3.63, 3.8) is 0 Å². The van der Waals surface area contributed by atoms with E-state index >= 15 is 0 Å². The molecule has 0 saturated carbocycles. The zero-order valence-electron chi connectivity index (χ0n) is 14.2. The van der Waals surface area contributed by atoms with E-state index in [1.54, 1.807) is 11.3 Å². The molecule has 134 valence electrons. The van der Waals surface area contributed by atoms with Gasteiger partial charge in [0.25, 0.3) is 0 Å². The number of rotatable bonds is 3. The number of nitrogens with zero attached hydrogens (tertiary/aromatic N) is 2. The Hall–Kier alpha value is -1.14. The summed E-state index contributed by atoms with van der Waals surface area (Å²) in [5.41, 5.74) is 0. The maximum absolute atomic E-state index is 12.6. The Bertz CT molecular complexity index is 749. The topological polar surface area (TPSA) is 32.8 Å². The zero-order chi connectivity index (χ0) is 17.2. The molecule has 25 heavy (non-hydrogen) atoms. The summed E-state index contributed by atoms with van der Waals surface area (Å²) >= 11 is 8.35. The maximum atomic E-state index is 12.6. The molecule has 0 N–H and O–H groups in total. The minimum absolute atomic E-state index is 0.173. The van der Waals surface area contributed by atoms with E-state index in [4.69, 9.17) is 16.3 Å². The van der Waals surface area contributed by atoms with Crippen molar-refractivity contribution in [2.75, 3.05) is 39.4 Å². The van der Waals surface area contributed by atoms with Crippen molar-refractivity contribution in [3.8, 4) is 0 Å². The van der Waals surface area contributed by atoms with E-state index in [0.717, 1.165) is 56.0 Å². The molecule has 2 aliphatic rings. The summed E-state index contributed by atoms with van der Waals surface area (Å²) in [7, 11) is 0. The van der Waals surface area contributed by atoms with Gasteiger partial charge in [-0.05, 0) is 32.0 Å². The lowest BCUT2D eigenvalue weighted by atomic mass is 9.95. The Morgan fingerprint density at radius 1 is 1.16 bits per heavy atom. The van der Waals surface area contributed by atoms with Crippen LogP contribution in [0, 0.1) is 5.92 Å². The van der Waals surface area contributed by atoms with Gasteiger partial charge in [-0.2, -0.15) is 0 Å². The third-order valence-corrected chi connectivity index (χ3v) is 6.93. The van der Waals surface area contributed by atoms with Gasteiger partial charge in [0.2, 0.25) is 5.91 Å². The Labute approximate surface area is 157 Å². The first-order chi connectivity index (χ1) is 12.2. The van der Waals surface area contributed by atoms with E-state index in [1.165, 1.54) is 9.58 Å². The largest absolute Gasteiger partial charge is 0.378 e. The van der Waals surface area contributed by atoms with E-state index in [9.17, 15) is 4.79 Å². The summed E-state index contributed by atoms with van der Waals surface area (Å²) in [5.74, 6) is 0.495. The van der Waals surface area contributed by atoms with Crippen molar-refractivity contribution in [3.05, 3.63) is 34.2 Å². The van der Waals surface area contributed by atoms with Crippen LogP contribution in [0.15, 0.2) is 24.3 Å². The molecule has 2 aliphatic heterocycles. The maximum Gasteiger partial charge on any atom is 0.225 e. The fourth-order valence-corrected chi connectivity index (χ4v) is 5.28. The van der Waals surface area contributed by atoms with Gasteiger partial charge in [-0.15, -0.1) is 11.3 Å². The monoisotopic (exact) mass is 378 g/mol. The van der Waals surface area contributed by atoms with Crippen LogP contribution in [0.4, 0.5) is 0 Å². The molecule has 1 aromatic heterocycles. The van der Waals surface area contributed by atoms with Gasteiger partial charge in [0, 0.05) is 40.5 Å². The zero-order valence-corrected chi connectivity index (χ0v) is 15.8. The second kappa shape index (κ2) is 7.62. The summed E-state index contributed by atoms with van der Waals surface area (Å²) in [6.45, 7) is 5.66. The van der Waals surface area contributed by atoms with E-state index in [2.05, 4.69) is 23.1 Å². The van der Waals surface area contributed by atoms with Gasteiger partial charge in [-0.1, -0.05) is 29.8 Å². The second-order valence-electron chi connectivity index (χ2n) is 6.82. The third kappa shape index (κ3) is 3.70. The molecule has 4 rings (SSSR count). The molecule has 4 nitrogen and oxygen atoms in total. The predicted molar refractivity (Wildman–Crippen MR) is 102 cm³/mol. The highest BCUT2D eigenvalue weighted by molar-refractivity contribution is 7.19. The minimum atomic E-state index is 0.173. The van der Waals surface area contributed by atoms with Crippen LogP contribution in [-0.4, -0.2) is 55.1 Å². The van der Waals surface area contributed by atoms with Gasteiger partial charge in [0.15, 0.2) is 0 Å². The summed E-state index contributed by atoms with van der Waals surface area (Å²) in [6, 6.07) is 8.31. The van der Waals surface area contributed by atoms with Gasteiger partial charge in [-0.25, -0.2) is 0 Å². The number of fused-ring (bicyclic) bond motifs is 1. The second-order valence-corrected chi connectivity index (χ2v) is 8.34. The molecule has 1 aromatic carbocycles. The predicted octanol–water partition coefficient (Wildman–Crippen LogP) is 3.63. The highest BCUT2D eigenvalue weighted by Crippen LogP contribution is 2.36. The highest BCUT2D eigenvalue weighted by Gasteiger charge is 2.29. The lowest BCUT2D eigenvalue weighted by Gasteiger charge is -2.35. The van der Waals surface area contributed by atoms with Gasteiger partial charge in [0.05, 0.1) is 18.2 Å². The van der Waals surface area contributed by atoms with Crippen LogP contribution < -0.4 is 0 Å². The number of amides is 1. The molecule has 2 saturated heterocycles. The fraction of sp³-hybridized carbons (Fsp3) is 0.526. The van der Waals surface area contributed by atoms with Gasteiger partial charge >= 0.3 is 0 Å². The number of benzene rings is 1. The number of likely N-dealkylation sites (tertiary alicyclic amines) is 1. The Kier molecular flexibility index (Phi) is 5.27. The number of morpholine rings is 1. The molecular weight excluding hydrogens is 356 g/mol. The number of hydrogen-bond donors (Lipinski definition) is 0.